The average Bonchev–Trinajstić information content (AvgIpc) is 2.81. The molecule has 0 heterocycles. The summed E-state index contributed by atoms with van der Waals surface area (Å²) in [4.78, 5) is 23.3. The lowest BCUT2D eigenvalue weighted by molar-refractivity contribution is -0.858. The molecule has 0 rings (SSSR count). The molecule has 0 radical (unpaired) electrons. The van der Waals surface area contributed by atoms with Gasteiger partial charge in [0.25, 0.3) is 0 Å². The summed E-state index contributed by atoms with van der Waals surface area (Å²) in [5, 5.41) is 0. The Hall–Kier alpha value is -0.100. The Labute approximate surface area is 212 Å². The summed E-state index contributed by atoms with van der Waals surface area (Å²) >= 11 is 0. The van der Waals surface area contributed by atoms with E-state index in [0.717, 1.165) is 32.4 Å². The number of ketones is 1. The van der Waals surface area contributed by atoms with Crippen LogP contribution in [0.4, 0.5) is 0 Å². The lowest BCUT2D eigenvalue weighted by Crippen LogP contribution is -3.05. The monoisotopic (exact) mass is 506 g/mol. The fourth-order valence-electron chi connectivity index (χ4n) is 3.86. The van der Waals surface area contributed by atoms with Crippen LogP contribution < -0.4 is 4.90 Å². The average molecular weight is 507 g/mol. The molecule has 2 N–H and O–H groups in total. The van der Waals surface area contributed by atoms with Gasteiger partial charge in [0.1, 0.15) is 5.78 Å². The number of rotatable bonds is 27. The van der Waals surface area contributed by atoms with Crippen LogP contribution in [0.1, 0.15) is 117 Å². The van der Waals surface area contributed by atoms with E-state index in [1.807, 2.05) is 6.92 Å². The van der Waals surface area contributed by atoms with Gasteiger partial charge in [-0.3, -0.25) is 4.79 Å². The van der Waals surface area contributed by atoms with Gasteiger partial charge in [-0.2, -0.15) is 0 Å². The van der Waals surface area contributed by atoms with Crippen LogP contribution in [0.3, 0.4) is 0 Å². The van der Waals surface area contributed by atoms with Gasteiger partial charge in [-0.05, 0) is 19.3 Å². The third-order valence-electron chi connectivity index (χ3n) is 6.10. The predicted octanol–water partition coefficient (Wildman–Crippen LogP) is 5.87. The minimum Gasteiger partial charge on any atom is -0.381 e. The summed E-state index contributed by atoms with van der Waals surface area (Å²) in [7, 11) is 2.37. The third-order valence-corrected chi connectivity index (χ3v) is 6.87. The smallest absolute Gasteiger partial charge is 0.329 e. The molecule has 34 heavy (non-hydrogen) atoms. The summed E-state index contributed by atoms with van der Waals surface area (Å²) in [6.07, 6.45) is 18.9. The van der Waals surface area contributed by atoms with E-state index in [2.05, 4.69) is 21.0 Å². The van der Waals surface area contributed by atoms with Gasteiger partial charge in [0, 0.05) is 25.4 Å². The SMILES string of the molecule is CCCCCCCCCCCCCCOCC(COP(O)OCCCC[NH+](C)C)CC(=O)CC. The second-order valence-electron chi connectivity index (χ2n) is 9.96. The van der Waals surface area contributed by atoms with Gasteiger partial charge >= 0.3 is 8.60 Å². The number of nitrogens with one attached hydrogen (secondary N) is 1. The molecular weight excluding hydrogens is 449 g/mol. The Morgan fingerprint density at radius 2 is 1.32 bits per heavy atom. The van der Waals surface area contributed by atoms with Crippen molar-refractivity contribution in [2.24, 2.45) is 5.92 Å². The van der Waals surface area contributed by atoms with Crippen molar-refractivity contribution >= 4 is 14.4 Å². The van der Waals surface area contributed by atoms with Crippen LogP contribution in [0.15, 0.2) is 0 Å². The van der Waals surface area contributed by atoms with E-state index in [1.54, 1.807) is 0 Å². The topological polar surface area (TPSA) is 69.4 Å². The number of carbonyl (C=O) groups excluding carboxylic acids is 1. The highest BCUT2D eigenvalue weighted by atomic mass is 31.2. The Balaban J connectivity index is 3.77. The van der Waals surface area contributed by atoms with E-state index < -0.39 is 8.60 Å². The first kappa shape index (κ1) is 33.9. The zero-order valence-corrected chi connectivity index (χ0v) is 23.8. The molecule has 0 saturated carbocycles. The number of ether oxygens (including phenoxy) is 1. The third kappa shape index (κ3) is 25.0. The van der Waals surface area contributed by atoms with Gasteiger partial charge in [-0.1, -0.05) is 84.5 Å². The first-order chi connectivity index (χ1) is 16.5. The lowest BCUT2D eigenvalue weighted by atomic mass is 10.0. The predicted molar refractivity (Wildman–Crippen MR) is 143 cm³/mol. The summed E-state index contributed by atoms with van der Waals surface area (Å²) in [5.41, 5.74) is 0. The molecular formula is C27H57NO5P+. The standard InChI is InChI=1S/C27H56NO5P/c1-5-7-8-9-10-11-12-13-14-15-16-18-21-31-24-26(23-27(29)6-2)25-33-34(30)32-22-19-17-20-28(3)4/h26,30H,5-25H2,1-4H3/p+1. The Bertz CT molecular complexity index is 439. The number of hydrogen-bond donors (Lipinski definition) is 2. The molecule has 0 saturated heterocycles. The zero-order chi connectivity index (χ0) is 25.3. The molecule has 2 unspecified atom stereocenters. The number of carbonyl (C=O) groups is 1. The number of Topliss-reactive ketones (excluding diaryl/α,β-unsaturated/α-hetero) is 1. The highest BCUT2D eigenvalue weighted by Gasteiger charge is 2.17. The van der Waals surface area contributed by atoms with Crippen molar-refractivity contribution in [3.8, 4) is 0 Å². The van der Waals surface area contributed by atoms with Crippen molar-refractivity contribution in [2.75, 3.05) is 47.1 Å². The van der Waals surface area contributed by atoms with E-state index in [1.165, 1.54) is 75.5 Å². The maximum atomic E-state index is 11.9. The van der Waals surface area contributed by atoms with Crippen molar-refractivity contribution in [1.82, 2.24) is 0 Å². The Morgan fingerprint density at radius 1 is 0.765 bits per heavy atom. The molecule has 2 atom stereocenters. The minimum atomic E-state index is -1.89. The lowest BCUT2D eigenvalue weighted by Gasteiger charge is -2.18. The van der Waals surface area contributed by atoms with E-state index in [-0.39, 0.29) is 11.7 Å². The normalized spacial score (nSPS) is 13.5. The first-order valence-corrected chi connectivity index (χ1v) is 15.3. The van der Waals surface area contributed by atoms with Gasteiger partial charge in [0.2, 0.25) is 0 Å². The molecule has 0 aromatic carbocycles. The summed E-state index contributed by atoms with van der Waals surface area (Å²) in [6, 6.07) is 0. The van der Waals surface area contributed by atoms with E-state index in [0.29, 0.717) is 32.7 Å². The maximum Gasteiger partial charge on any atom is 0.329 e. The van der Waals surface area contributed by atoms with Gasteiger partial charge in [0.05, 0.1) is 40.5 Å². The van der Waals surface area contributed by atoms with Crippen LogP contribution in [0.25, 0.3) is 0 Å². The second-order valence-corrected chi connectivity index (χ2v) is 10.9. The Morgan fingerprint density at radius 3 is 1.88 bits per heavy atom. The second kappa shape index (κ2) is 26.0. The van der Waals surface area contributed by atoms with Crippen molar-refractivity contribution in [3.05, 3.63) is 0 Å². The molecule has 0 aliphatic rings. The minimum absolute atomic E-state index is 0.0251. The first-order valence-electron chi connectivity index (χ1n) is 14.1. The van der Waals surface area contributed by atoms with Crippen molar-refractivity contribution in [3.63, 3.8) is 0 Å². The summed E-state index contributed by atoms with van der Waals surface area (Å²) in [6.45, 7) is 7.27. The molecule has 0 bridgehead atoms. The van der Waals surface area contributed by atoms with Crippen LogP contribution in [-0.2, 0) is 18.6 Å². The quantitative estimate of drug-likeness (QED) is 0.108. The van der Waals surface area contributed by atoms with Crippen LogP contribution in [0.2, 0.25) is 0 Å². The fraction of sp³-hybridized carbons (Fsp3) is 0.963. The van der Waals surface area contributed by atoms with Crippen LogP contribution in [0, 0.1) is 5.92 Å². The number of hydrogen-bond acceptors (Lipinski definition) is 5. The zero-order valence-electron chi connectivity index (χ0n) is 23.0. The molecule has 0 aliphatic carbocycles. The van der Waals surface area contributed by atoms with Crippen LogP contribution >= 0.6 is 8.60 Å². The van der Waals surface area contributed by atoms with Crippen molar-refractivity contribution in [2.45, 2.75) is 117 Å². The number of quaternary nitrogens is 1. The van der Waals surface area contributed by atoms with Gasteiger partial charge in [-0.15, -0.1) is 0 Å². The molecule has 0 fully saturated rings. The molecule has 0 amide bonds. The van der Waals surface area contributed by atoms with Gasteiger partial charge in [0.15, 0.2) is 0 Å². The summed E-state index contributed by atoms with van der Waals surface area (Å²) in [5.74, 6) is 0.180. The summed E-state index contributed by atoms with van der Waals surface area (Å²) < 4.78 is 16.8. The largest absolute Gasteiger partial charge is 0.381 e. The van der Waals surface area contributed by atoms with Crippen molar-refractivity contribution < 1.29 is 28.4 Å². The van der Waals surface area contributed by atoms with Crippen LogP contribution in [0.5, 0.6) is 0 Å². The molecule has 6 nitrogen and oxygen atoms in total. The van der Waals surface area contributed by atoms with Gasteiger partial charge < -0.3 is 23.6 Å². The molecule has 0 spiro atoms. The van der Waals surface area contributed by atoms with Gasteiger partial charge in [-0.25, -0.2) is 0 Å². The van der Waals surface area contributed by atoms with E-state index >= 15 is 0 Å². The highest BCUT2D eigenvalue weighted by Crippen LogP contribution is 2.34. The van der Waals surface area contributed by atoms with Crippen LogP contribution in [-0.4, -0.2) is 57.7 Å². The Kier molecular flexibility index (Phi) is 25.9. The molecule has 0 aromatic heterocycles. The number of unbranched alkanes of at least 4 members (excludes halogenated alkanes) is 12. The molecule has 0 aromatic rings. The molecule has 7 heteroatoms. The maximum absolute atomic E-state index is 11.9. The van der Waals surface area contributed by atoms with Crippen molar-refractivity contribution in [1.29, 1.82) is 0 Å². The van der Waals surface area contributed by atoms with E-state index in [9.17, 15) is 9.69 Å². The molecule has 0 aliphatic heterocycles. The van der Waals surface area contributed by atoms with E-state index in [4.69, 9.17) is 13.8 Å². The molecule has 204 valence electrons. The fourth-order valence-corrected chi connectivity index (χ4v) is 4.56. The highest BCUT2D eigenvalue weighted by molar-refractivity contribution is 7.40.